The van der Waals surface area contributed by atoms with Crippen LogP contribution in [-0.2, 0) is 6.42 Å². The van der Waals surface area contributed by atoms with Crippen molar-refractivity contribution in [1.82, 2.24) is 5.32 Å². The van der Waals surface area contributed by atoms with Crippen LogP contribution in [0.5, 0.6) is 0 Å². The van der Waals surface area contributed by atoms with Crippen molar-refractivity contribution < 1.29 is 4.39 Å². The Morgan fingerprint density at radius 2 is 2.33 bits per heavy atom. The highest BCUT2D eigenvalue weighted by atomic mass is 19.1. The van der Waals surface area contributed by atoms with Crippen molar-refractivity contribution in [3.8, 4) is 6.07 Å². The van der Waals surface area contributed by atoms with Crippen molar-refractivity contribution in [1.29, 1.82) is 5.26 Å². The van der Waals surface area contributed by atoms with Crippen molar-refractivity contribution in [2.45, 2.75) is 44.7 Å². The van der Waals surface area contributed by atoms with Crippen LogP contribution in [0, 0.1) is 23.1 Å². The molecule has 3 atom stereocenters. The predicted molar refractivity (Wildman–Crippen MR) is 69.4 cm³/mol. The van der Waals surface area contributed by atoms with Gasteiger partial charge in [0.25, 0.3) is 0 Å². The van der Waals surface area contributed by atoms with Gasteiger partial charge in [0.2, 0.25) is 0 Å². The highest BCUT2D eigenvalue weighted by Crippen LogP contribution is 2.25. The summed E-state index contributed by atoms with van der Waals surface area (Å²) in [4.78, 5) is 0. The second-order valence-electron chi connectivity index (χ2n) is 5.17. The molecule has 0 radical (unpaired) electrons. The van der Waals surface area contributed by atoms with E-state index in [0.29, 0.717) is 6.04 Å². The number of nitrogens with zero attached hydrogens (tertiary/aromatic N) is 1. The number of halogens is 1. The Balaban J connectivity index is 1.89. The van der Waals surface area contributed by atoms with Crippen molar-refractivity contribution >= 4 is 0 Å². The van der Waals surface area contributed by atoms with Crippen LogP contribution in [0.3, 0.4) is 0 Å². The molecule has 1 aromatic rings. The summed E-state index contributed by atoms with van der Waals surface area (Å²) in [6, 6.07) is 9.67. The number of benzene rings is 1. The Labute approximate surface area is 108 Å². The summed E-state index contributed by atoms with van der Waals surface area (Å²) in [5.74, 6) is -0.0459. The van der Waals surface area contributed by atoms with Crippen LogP contribution in [-0.4, -0.2) is 12.1 Å². The van der Waals surface area contributed by atoms with Gasteiger partial charge in [0.05, 0.1) is 12.0 Å². The summed E-state index contributed by atoms with van der Waals surface area (Å²) in [5, 5.41) is 12.5. The molecule has 96 valence electrons. The molecule has 3 unspecified atom stereocenters. The largest absolute Gasteiger partial charge is 0.310 e. The van der Waals surface area contributed by atoms with Gasteiger partial charge in [-0.3, -0.25) is 0 Å². The standard InChI is InChI=1S/C15H19FN2/c1-11(8-12-4-2-6-14(16)9-12)18-15-7-3-5-13(15)10-17/h2,4,6,9,11,13,15,18H,3,5,7-8H2,1H3. The van der Waals surface area contributed by atoms with Crippen molar-refractivity contribution in [2.75, 3.05) is 0 Å². The molecule has 1 aliphatic rings. The molecular weight excluding hydrogens is 227 g/mol. The topological polar surface area (TPSA) is 35.8 Å². The van der Waals surface area contributed by atoms with Gasteiger partial charge in [-0.25, -0.2) is 4.39 Å². The second kappa shape index (κ2) is 5.97. The van der Waals surface area contributed by atoms with Crippen LogP contribution < -0.4 is 5.32 Å². The molecule has 1 aromatic carbocycles. The SMILES string of the molecule is CC(Cc1cccc(F)c1)NC1CCCC1C#N. The lowest BCUT2D eigenvalue weighted by Crippen LogP contribution is -2.39. The van der Waals surface area contributed by atoms with Gasteiger partial charge in [-0.05, 0) is 43.9 Å². The molecule has 0 amide bonds. The van der Waals surface area contributed by atoms with Gasteiger partial charge in [-0.2, -0.15) is 5.26 Å². The van der Waals surface area contributed by atoms with E-state index in [-0.39, 0.29) is 17.8 Å². The molecule has 0 aromatic heterocycles. The van der Waals surface area contributed by atoms with E-state index in [4.69, 9.17) is 5.26 Å². The lowest BCUT2D eigenvalue weighted by molar-refractivity contribution is 0.408. The average molecular weight is 246 g/mol. The molecule has 0 bridgehead atoms. The van der Waals surface area contributed by atoms with E-state index in [1.807, 2.05) is 6.07 Å². The molecule has 1 N–H and O–H groups in total. The van der Waals surface area contributed by atoms with E-state index in [1.54, 1.807) is 12.1 Å². The molecule has 1 saturated carbocycles. The maximum absolute atomic E-state index is 13.1. The quantitative estimate of drug-likeness (QED) is 0.886. The molecule has 3 heteroatoms. The Morgan fingerprint density at radius 3 is 3.06 bits per heavy atom. The molecule has 18 heavy (non-hydrogen) atoms. The third kappa shape index (κ3) is 3.30. The molecule has 2 nitrogen and oxygen atoms in total. The minimum absolute atomic E-state index is 0.139. The number of nitriles is 1. The van der Waals surface area contributed by atoms with E-state index in [9.17, 15) is 4.39 Å². The van der Waals surface area contributed by atoms with Crippen LogP contribution >= 0.6 is 0 Å². The van der Waals surface area contributed by atoms with Crippen molar-refractivity contribution in [3.63, 3.8) is 0 Å². The van der Waals surface area contributed by atoms with E-state index in [0.717, 1.165) is 31.2 Å². The zero-order chi connectivity index (χ0) is 13.0. The Bertz CT molecular complexity index is 438. The van der Waals surface area contributed by atoms with Gasteiger partial charge in [0.15, 0.2) is 0 Å². The molecular formula is C15H19FN2. The third-order valence-electron chi connectivity index (χ3n) is 3.61. The van der Waals surface area contributed by atoms with Crippen LogP contribution in [0.1, 0.15) is 31.7 Å². The van der Waals surface area contributed by atoms with Crippen LogP contribution in [0.15, 0.2) is 24.3 Å². The average Bonchev–Trinajstić information content (AvgIpc) is 2.76. The van der Waals surface area contributed by atoms with Crippen LogP contribution in [0.4, 0.5) is 4.39 Å². The van der Waals surface area contributed by atoms with Crippen molar-refractivity contribution in [2.24, 2.45) is 5.92 Å². The normalized spacial score (nSPS) is 24.7. The zero-order valence-electron chi connectivity index (χ0n) is 10.7. The summed E-state index contributed by atoms with van der Waals surface area (Å²) >= 11 is 0. The fraction of sp³-hybridized carbons (Fsp3) is 0.533. The summed E-state index contributed by atoms with van der Waals surface area (Å²) in [6.45, 7) is 2.09. The van der Waals surface area contributed by atoms with Gasteiger partial charge in [-0.15, -0.1) is 0 Å². The predicted octanol–water partition coefficient (Wildman–Crippen LogP) is 3.04. The number of hydrogen-bond acceptors (Lipinski definition) is 2. The lowest BCUT2D eigenvalue weighted by atomic mass is 10.0. The number of rotatable bonds is 4. The minimum atomic E-state index is -0.185. The van der Waals surface area contributed by atoms with Crippen molar-refractivity contribution in [3.05, 3.63) is 35.6 Å². The van der Waals surface area contributed by atoms with Gasteiger partial charge in [0.1, 0.15) is 5.82 Å². The molecule has 2 rings (SSSR count). The molecule has 0 saturated heterocycles. The first-order chi connectivity index (χ1) is 8.69. The summed E-state index contributed by atoms with van der Waals surface area (Å²) in [6.07, 6.45) is 4.00. The first kappa shape index (κ1) is 13.0. The molecule has 1 aliphatic carbocycles. The minimum Gasteiger partial charge on any atom is -0.310 e. The summed E-state index contributed by atoms with van der Waals surface area (Å²) < 4.78 is 13.1. The maximum atomic E-state index is 13.1. The highest BCUT2D eigenvalue weighted by Gasteiger charge is 2.27. The van der Waals surface area contributed by atoms with E-state index >= 15 is 0 Å². The Morgan fingerprint density at radius 1 is 1.50 bits per heavy atom. The Kier molecular flexibility index (Phi) is 4.33. The molecule has 0 heterocycles. The second-order valence-corrected chi connectivity index (χ2v) is 5.17. The maximum Gasteiger partial charge on any atom is 0.123 e. The van der Waals surface area contributed by atoms with Gasteiger partial charge < -0.3 is 5.32 Å². The van der Waals surface area contributed by atoms with Gasteiger partial charge >= 0.3 is 0 Å². The first-order valence-corrected chi connectivity index (χ1v) is 6.59. The van der Waals surface area contributed by atoms with Gasteiger partial charge in [-0.1, -0.05) is 18.6 Å². The van der Waals surface area contributed by atoms with Crippen LogP contribution in [0.2, 0.25) is 0 Å². The number of hydrogen-bond donors (Lipinski definition) is 1. The van der Waals surface area contributed by atoms with E-state index in [2.05, 4.69) is 18.3 Å². The number of nitrogens with one attached hydrogen (secondary N) is 1. The highest BCUT2D eigenvalue weighted by molar-refractivity contribution is 5.17. The molecule has 1 fully saturated rings. The van der Waals surface area contributed by atoms with E-state index < -0.39 is 0 Å². The molecule has 0 spiro atoms. The third-order valence-corrected chi connectivity index (χ3v) is 3.61. The first-order valence-electron chi connectivity index (χ1n) is 6.59. The van der Waals surface area contributed by atoms with E-state index in [1.165, 1.54) is 6.07 Å². The fourth-order valence-corrected chi connectivity index (χ4v) is 2.76. The summed E-state index contributed by atoms with van der Waals surface area (Å²) in [7, 11) is 0. The van der Waals surface area contributed by atoms with Crippen LogP contribution in [0.25, 0.3) is 0 Å². The monoisotopic (exact) mass is 246 g/mol. The zero-order valence-corrected chi connectivity index (χ0v) is 10.7. The summed E-state index contributed by atoms with van der Waals surface area (Å²) in [5.41, 5.74) is 1.00. The molecule has 0 aliphatic heterocycles. The Hall–Kier alpha value is -1.40. The fourth-order valence-electron chi connectivity index (χ4n) is 2.76. The lowest BCUT2D eigenvalue weighted by Gasteiger charge is -2.21. The van der Waals surface area contributed by atoms with Gasteiger partial charge in [0, 0.05) is 12.1 Å². The smallest absolute Gasteiger partial charge is 0.123 e.